The van der Waals surface area contributed by atoms with Crippen LogP contribution in [0.2, 0.25) is 0 Å². The first-order chi connectivity index (χ1) is 7.04. The van der Waals surface area contributed by atoms with Gasteiger partial charge in [0.2, 0.25) is 0 Å². The topological polar surface area (TPSA) is 23.9 Å². The molecule has 86 valence electrons. The molecule has 1 heteroatoms. The molecular formula is C14H25N. The van der Waals surface area contributed by atoms with E-state index in [1.165, 1.54) is 12.8 Å². The monoisotopic (exact) mass is 207 g/mol. The zero-order valence-electron chi connectivity index (χ0n) is 10.6. The maximum atomic E-state index is 7.51. The van der Waals surface area contributed by atoms with Crippen LogP contribution in [-0.2, 0) is 0 Å². The van der Waals surface area contributed by atoms with E-state index in [1.807, 2.05) is 6.92 Å². The SMILES string of the molecule is C/C=C/C1CC1C[C@@H](C)C(C)CC(C)=N. The van der Waals surface area contributed by atoms with E-state index in [1.54, 1.807) is 0 Å². The Morgan fingerprint density at radius 1 is 1.40 bits per heavy atom. The fraction of sp³-hybridized carbons (Fsp3) is 0.786. The van der Waals surface area contributed by atoms with Crippen molar-refractivity contribution >= 4 is 5.71 Å². The third kappa shape index (κ3) is 4.19. The predicted molar refractivity (Wildman–Crippen MR) is 67.4 cm³/mol. The lowest BCUT2D eigenvalue weighted by Crippen LogP contribution is -2.12. The lowest BCUT2D eigenvalue weighted by molar-refractivity contribution is 0.353. The summed E-state index contributed by atoms with van der Waals surface area (Å²) in [7, 11) is 0. The third-order valence-electron chi connectivity index (χ3n) is 3.69. The minimum absolute atomic E-state index is 0.675. The summed E-state index contributed by atoms with van der Waals surface area (Å²) >= 11 is 0. The Labute approximate surface area is 94.5 Å². The predicted octanol–water partition coefficient (Wildman–Crippen LogP) is 4.29. The summed E-state index contributed by atoms with van der Waals surface area (Å²) in [5, 5.41) is 7.51. The van der Waals surface area contributed by atoms with Gasteiger partial charge in [-0.15, -0.1) is 0 Å². The fourth-order valence-electron chi connectivity index (χ4n) is 2.42. The zero-order chi connectivity index (χ0) is 11.4. The Morgan fingerprint density at radius 2 is 2.07 bits per heavy atom. The Bertz CT molecular complexity index is 242. The molecule has 3 unspecified atom stereocenters. The molecule has 0 radical (unpaired) electrons. The second-order valence-electron chi connectivity index (χ2n) is 5.36. The molecule has 4 atom stereocenters. The average molecular weight is 207 g/mol. The first-order valence-electron chi connectivity index (χ1n) is 6.21. The largest absolute Gasteiger partial charge is 0.310 e. The van der Waals surface area contributed by atoms with Crippen molar-refractivity contribution in [1.82, 2.24) is 0 Å². The van der Waals surface area contributed by atoms with Crippen molar-refractivity contribution in [2.24, 2.45) is 23.7 Å². The highest BCUT2D eigenvalue weighted by Crippen LogP contribution is 2.45. The van der Waals surface area contributed by atoms with Crippen LogP contribution in [-0.4, -0.2) is 5.71 Å². The minimum Gasteiger partial charge on any atom is -0.310 e. The highest BCUT2D eigenvalue weighted by molar-refractivity contribution is 5.78. The average Bonchev–Trinajstić information content (AvgIpc) is 2.83. The van der Waals surface area contributed by atoms with Gasteiger partial charge in [-0.2, -0.15) is 0 Å². The van der Waals surface area contributed by atoms with E-state index in [0.717, 1.165) is 29.9 Å². The quantitative estimate of drug-likeness (QED) is 0.496. The van der Waals surface area contributed by atoms with E-state index in [-0.39, 0.29) is 0 Å². The van der Waals surface area contributed by atoms with Gasteiger partial charge in [0, 0.05) is 5.71 Å². The van der Waals surface area contributed by atoms with Gasteiger partial charge >= 0.3 is 0 Å². The first-order valence-corrected chi connectivity index (χ1v) is 6.21. The summed E-state index contributed by atoms with van der Waals surface area (Å²) < 4.78 is 0. The molecule has 0 bridgehead atoms. The molecule has 0 aromatic carbocycles. The van der Waals surface area contributed by atoms with Crippen LogP contribution in [0.5, 0.6) is 0 Å². The van der Waals surface area contributed by atoms with Crippen LogP contribution in [0.4, 0.5) is 0 Å². The summed E-state index contributed by atoms with van der Waals surface area (Å²) in [6, 6.07) is 0. The van der Waals surface area contributed by atoms with Crippen LogP contribution in [0.15, 0.2) is 12.2 Å². The molecule has 1 saturated carbocycles. The van der Waals surface area contributed by atoms with Crippen LogP contribution in [0.1, 0.15) is 47.0 Å². The van der Waals surface area contributed by atoms with Crippen molar-refractivity contribution < 1.29 is 0 Å². The van der Waals surface area contributed by atoms with Gasteiger partial charge in [-0.05, 0) is 56.8 Å². The minimum atomic E-state index is 0.675. The van der Waals surface area contributed by atoms with Gasteiger partial charge in [0.15, 0.2) is 0 Å². The van der Waals surface area contributed by atoms with E-state index in [0.29, 0.717) is 5.92 Å². The molecule has 1 nitrogen and oxygen atoms in total. The van der Waals surface area contributed by atoms with Gasteiger partial charge in [-0.25, -0.2) is 0 Å². The number of hydrogen-bond acceptors (Lipinski definition) is 1. The number of rotatable bonds is 6. The van der Waals surface area contributed by atoms with Gasteiger partial charge in [0.05, 0.1) is 0 Å². The highest BCUT2D eigenvalue weighted by Gasteiger charge is 2.36. The van der Waals surface area contributed by atoms with Crippen molar-refractivity contribution in [3.63, 3.8) is 0 Å². The Kier molecular flexibility index (Phi) is 4.56. The normalized spacial score (nSPS) is 29.1. The maximum absolute atomic E-state index is 7.51. The van der Waals surface area contributed by atoms with Gasteiger partial charge < -0.3 is 5.41 Å². The van der Waals surface area contributed by atoms with Gasteiger partial charge in [-0.3, -0.25) is 0 Å². The number of nitrogens with one attached hydrogen (secondary N) is 1. The lowest BCUT2D eigenvalue weighted by atomic mass is 9.87. The first kappa shape index (κ1) is 12.5. The van der Waals surface area contributed by atoms with E-state index in [2.05, 4.69) is 32.9 Å². The van der Waals surface area contributed by atoms with Gasteiger partial charge in [0.25, 0.3) is 0 Å². The molecule has 1 rings (SSSR count). The number of allylic oxidation sites excluding steroid dienone is 2. The smallest absolute Gasteiger partial charge is 0.00609 e. The molecule has 0 amide bonds. The highest BCUT2D eigenvalue weighted by atomic mass is 14.4. The maximum Gasteiger partial charge on any atom is 0.00609 e. The van der Waals surface area contributed by atoms with Crippen molar-refractivity contribution in [3.8, 4) is 0 Å². The summed E-state index contributed by atoms with van der Waals surface area (Å²) in [6.45, 7) is 8.66. The van der Waals surface area contributed by atoms with Crippen molar-refractivity contribution in [3.05, 3.63) is 12.2 Å². The van der Waals surface area contributed by atoms with Crippen molar-refractivity contribution in [2.45, 2.75) is 47.0 Å². The third-order valence-corrected chi connectivity index (χ3v) is 3.69. The van der Waals surface area contributed by atoms with Crippen LogP contribution in [0.25, 0.3) is 0 Å². The van der Waals surface area contributed by atoms with Gasteiger partial charge in [0.1, 0.15) is 0 Å². The Balaban J connectivity index is 2.24. The summed E-state index contributed by atoms with van der Waals surface area (Å²) in [5.41, 5.74) is 0.829. The molecule has 1 fully saturated rings. The molecular weight excluding hydrogens is 182 g/mol. The fourth-order valence-corrected chi connectivity index (χ4v) is 2.42. The molecule has 0 heterocycles. The second kappa shape index (κ2) is 5.48. The van der Waals surface area contributed by atoms with Crippen LogP contribution < -0.4 is 0 Å². The zero-order valence-corrected chi connectivity index (χ0v) is 10.6. The van der Waals surface area contributed by atoms with Gasteiger partial charge in [-0.1, -0.05) is 26.0 Å². The standard InChI is InChI=1S/C14H25N/c1-5-6-13-9-14(13)8-11(3)10(2)7-12(4)15/h5-6,10-11,13-15H,7-9H2,1-4H3/b6-5+,15-12?/t10?,11-,13?,14?/m1/s1. The summed E-state index contributed by atoms with van der Waals surface area (Å²) in [6.07, 6.45) is 8.25. The summed E-state index contributed by atoms with van der Waals surface area (Å²) in [5.74, 6) is 3.25. The molecule has 0 aliphatic heterocycles. The molecule has 15 heavy (non-hydrogen) atoms. The summed E-state index contributed by atoms with van der Waals surface area (Å²) in [4.78, 5) is 0. The molecule has 0 saturated heterocycles. The lowest BCUT2D eigenvalue weighted by Gasteiger charge is -2.19. The van der Waals surface area contributed by atoms with E-state index in [9.17, 15) is 0 Å². The van der Waals surface area contributed by atoms with Crippen LogP contribution >= 0.6 is 0 Å². The van der Waals surface area contributed by atoms with E-state index >= 15 is 0 Å². The van der Waals surface area contributed by atoms with Crippen LogP contribution in [0, 0.1) is 29.1 Å². The Hall–Kier alpha value is -0.590. The van der Waals surface area contributed by atoms with Crippen molar-refractivity contribution in [1.29, 1.82) is 5.41 Å². The molecule has 1 aliphatic rings. The molecule has 0 spiro atoms. The molecule has 1 N–H and O–H groups in total. The number of hydrogen-bond donors (Lipinski definition) is 1. The van der Waals surface area contributed by atoms with E-state index in [4.69, 9.17) is 5.41 Å². The van der Waals surface area contributed by atoms with E-state index < -0.39 is 0 Å². The molecule has 0 aromatic rings. The Morgan fingerprint density at radius 3 is 2.60 bits per heavy atom. The van der Waals surface area contributed by atoms with Crippen LogP contribution in [0.3, 0.4) is 0 Å². The van der Waals surface area contributed by atoms with Crippen molar-refractivity contribution in [2.75, 3.05) is 0 Å². The molecule has 0 aromatic heterocycles. The molecule has 1 aliphatic carbocycles. The second-order valence-corrected chi connectivity index (χ2v) is 5.36.